The Hall–Kier alpha value is 0.640. The lowest BCUT2D eigenvalue weighted by Gasteiger charge is -2.01. The van der Waals surface area contributed by atoms with Gasteiger partial charge < -0.3 is 0 Å². The number of hydrogen-bond donors (Lipinski definition) is 0. The number of unbranched alkanes of at least 4 members (excludes halogenated alkanes) is 1. The van der Waals surface area contributed by atoms with Crippen LogP contribution in [-0.4, -0.2) is 16.9 Å². The van der Waals surface area contributed by atoms with Gasteiger partial charge in [-0.2, -0.15) is 11.8 Å². The topological polar surface area (TPSA) is 0 Å². The minimum atomic E-state index is 0.778. The van der Waals surface area contributed by atoms with E-state index in [1.807, 2.05) is 11.8 Å². The van der Waals surface area contributed by atoms with Crippen LogP contribution in [0.15, 0.2) is 0 Å². The molecule has 9 heavy (non-hydrogen) atoms. The van der Waals surface area contributed by atoms with Gasteiger partial charge in [-0.05, 0) is 23.8 Å². The average molecular weight is 167 g/mol. The van der Waals surface area contributed by atoms with Gasteiger partial charge in [0, 0.05) is 5.88 Å². The lowest BCUT2D eigenvalue weighted by atomic mass is 10.4. The highest BCUT2D eigenvalue weighted by Gasteiger charge is 1.92. The molecule has 0 aliphatic rings. The molecule has 0 radical (unpaired) electrons. The maximum atomic E-state index is 5.51. The van der Waals surface area contributed by atoms with E-state index in [0.29, 0.717) is 0 Å². The number of thioether (sulfide) groups is 1. The zero-order valence-electron chi connectivity index (χ0n) is 6.19. The van der Waals surface area contributed by atoms with E-state index in [9.17, 15) is 0 Å². The predicted octanol–water partition coefficient (Wildman–Crippen LogP) is 3.15. The van der Waals surface area contributed by atoms with E-state index >= 15 is 0 Å². The summed E-state index contributed by atoms with van der Waals surface area (Å²) in [5.41, 5.74) is 0. The van der Waals surface area contributed by atoms with Gasteiger partial charge in [0.2, 0.25) is 0 Å². The molecule has 0 N–H and O–H groups in total. The average Bonchev–Trinajstić information content (AvgIpc) is 1.80. The molecule has 0 aromatic heterocycles. The van der Waals surface area contributed by atoms with Crippen LogP contribution in [-0.2, 0) is 0 Å². The van der Waals surface area contributed by atoms with Crippen LogP contribution in [0.3, 0.4) is 0 Å². The molecule has 0 unspecified atom stereocenters. The number of alkyl halides is 1. The Labute approximate surface area is 67.4 Å². The Morgan fingerprint density at radius 1 is 1.33 bits per heavy atom. The summed E-state index contributed by atoms with van der Waals surface area (Å²) in [6.07, 6.45) is 2.44. The highest BCUT2D eigenvalue weighted by Crippen LogP contribution is 2.11. The zero-order chi connectivity index (χ0) is 7.11. The molecule has 0 amide bonds. The molecule has 0 aromatic rings. The lowest BCUT2D eigenvalue weighted by molar-refractivity contribution is 0.899. The van der Waals surface area contributed by atoms with Crippen molar-refractivity contribution in [3.63, 3.8) is 0 Å². The summed E-state index contributed by atoms with van der Waals surface area (Å²) in [7, 11) is 0. The van der Waals surface area contributed by atoms with Crippen molar-refractivity contribution in [2.45, 2.75) is 31.9 Å². The second-order valence-corrected chi connectivity index (χ2v) is 4.38. The van der Waals surface area contributed by atoms with Gasteiger partial charge in [0.25, 0.3) is 0 Å². The fraction of sp³-hybridized carbons (Fsp3) is 1.00. The van der Waals surface area contributed by atoms with Crippen LogP contribution in [0.4, 0.5) is 0 Å². The molecule has 0 fully saturated rings. The Bertz CT molecular complexity index is 54.9. The number of hydrogen-bond acceptors (Lipinski definition) is 1. The summed E-state index contributed by atoms with van der Waals surface area (Å²) in [5, 5.41) is 0.778. The van der Waals surface area contributed by atoms with Gasteiger partial charge in [-0.1, -0.05) is 13.8 Å². The van der Waals surface area contributed by atoms with Crippen LogP contribution in [0.25, 0.3) is 0 Å². The minimum absolute atomic E-state index is 0.778. The van der Waals surface area contributed by atoms with Crippen LogP contribution < -0.4 is 0 Å². The molecule has 0 saturated carbocycles. The van der Waals surface area contributed by atoms with Crippen molar-refractivity contribution in [2.75, 3.05) is 11.6 Å². The van der Waals surface area contributed by atoms with Crippen molar-refractivity contribution in [2.24, 2.45) is 0 Å². The van der Waals surface area contributed by atoms with Crippen molar-refractivity contribution >= 4 is 23.4 Å². The predicted molar refractivity (Wildman–Crippen MR) is 47.5 cm³/mol. The molecule has 0 spiro atoms. The largest absolute Gasteiger partial charge is 0.159 e. The van der Waals surface area contributed by atoms with E-state index < -0.39 is 0 Å². The van der Waals surface area contributed by atoms with Crippen molar-refractivity contribution in [1.29, 1.82) is 0 Å². The molecule has 0 aliphatic heterocycles. The molecule has 0 bridgehead atoms. The molecule has 0 rings (SSSR count). The molecule has 0 saturated heterocycles. The summed E-state index contributed by atoms with van der Waals surface area (Å²) in [6.45, 7) is 4.46. The summed E-state index contributed by atoms with van der Waals surface area (Å²) >= 11 is 7.52. The maximum Gasteiger partial charge on any atom is 0.0223 e. The Morgan fingerprint density at radius 2 is 2.00 bits per heavy atom. The second kappa shape index (κ2) is 6.76. The maximum absolute atomic E-state index is 5.51. The standard InChI is InChI=1S/C7H15ClS/c1-7(2)9-6-4-3-5-8/h7H,3-6H2,1-2H3. The van der Waals surface area contributed by atoms with Gasteiger partial charge in [-0.3, -0.25) is 0 Å². The fourth-order valence-electron chi connectivity index (χ4n) is 0.516. The summed E-state index contributed by atoms with van der Waals surface area (Å²) in [6, 6.07) is 0. The normalized spacial score (nSPS) is 10.7. The molecular weight excluding hydrogens is 152 g/mol. The quantitative estimate of drug-likeness (QED) is 0.447. The van der Waals surface area contributed by atoms with Gasteiger partial charge in [-0.25, -0.2) is 0 Å². The van der Waals surface area contributed by atoms with Crippen molar-refractivity contribution in [3.8, 4) is 0 Å². The van der Waals surface area contributed by atoms with E-state index in [1.165, 1.54) is 18.6 Å². The van der Waals surface area contributed by atoms with E-state index in [4.69, 9.17) is 11.6 Å². The van der Waals surface area contributed by atoms with Gasteiger partial charge >= 0.3 is 0 Å². The van der Waals surface area contributed by atoms with Crippen LogP contribution in [0.5, 0.6) is 0 Å². The molecule has 0 heterocycles. The lowest BCUT2D eigenvalue weighted by Crippen LogP contribution is -1.89. The summed E-state index contributed by atoms with van der Waals surface area (Å²) < 4.78 is 0. The third-order valence-electron chi connectivity index (χ3n) is 0.979. The minimum Gasteiger partial charge on any atom is -0.159 e. The van der Waals surface area contributed by atoms with Crippen LogP contribution in [0, 0.1) is 0 Å². The summed E-state index contributed by atoms with van der Waals surface area (Å²) in [4.78, 5) is 0. The van der Waals surface area contributed by atoms with E-state index in [-0.39, 0.29) is 0 Å². The van der Waals surface area contributed by atoms with E-state index in [2.05, 4.69) is 13.8 Å². The third-order valence-corrected chi connectivity index (χ3v) is 2.44. The SMILES string of the molecule is CC(C)SCCCCCl. The first-order chi connectivity index (χ1) is 4.27. The number of halogens is 1. The number of rotatable bonds is 5. The van der Waals surface area contributed by atoms with Crippen LogP contribution in [0.1, 0.15) is 26.7 Å². The fourth-order valence-corrected chi connectivity index (χ4v) is 1.55. The van der Waals surface area contributed by atoms with Crippen molar-refractivity contribution < 1.29 is 0 Å². The molecular formula is C7H15ClS. The molecule has 0 aromatic carbocycles. The molecule has 56 valence electrons. The Morgan fingerprint density at radius 3 is 2.44 bits per heavy atom. The van der Waals surface area contributed by atoms with E-state index in [0.717, 1.165) is 11.1 Å². The summed E-state index contributed by atoms with van der Waals surface area (Å²) in [5.74, 6) is 2.09. The smallest absolute Gasteiger partial charge is 0.0223 e. The Kier molecular flexibility index (Phi) is 7.24. The second-order valence-electron chi connectivity index (χ2n) is 2.32. The molecule has 0 atom stereocenters. The van der Waals surface area contributed by atoms with Gasteiger partial charge in [0.1, 0.15) is 0 Å². The third kappa shape index (κ3) is 8.64. The van der Waals surface area contributed by atoms with Crippen LogP contribution >= 0.6 is 23.4 Å². The van der Waals surface area contributed by atoms with Crippen LogP contribution in [0.2, 0.25) is 0 Å². The first-order valence-electron chi connectivity index (χ1n) is 3.45. The first kappa shape index (κ1) is 9.64. The molecule has 0 aliphatic carbocycles. The van der Waals surface area contributed by atoms with Gasteiger partial charge in [0.05, 0.1) is 0 Å². The van der Waals surface area contributed by atoms with Gasteiger partial charge in [0.15, 0.2) is 0 Å². The van der Waals surface area contributed by atoms with Crippen molar-refractivity contribution in [1.82, 2.24) is 0 Å². The van der Waals surface area contributed by atoms with E-state index in [1.54, 1.807) is 0 Å². The highest BCUT2D eigenvalue weighted by atomic mass is 35.5. The Balaban J connectivity index is 2.75. The molecule has 0 nitrogen and oxygen atoms in total. The first-order valence-corrected chi connectivity index (χ1v) is 5.03. The zero-order valence-corrected chi connectivity index (χ0v) is 7.76. The highest BCUT2D eigenvalue weighted by molar-refractivity contribution is 7.99. The van der Waals surface area contributed by atoms with Gasteiger partial charge in [-0.15, -0.1) is 11.6 Å². The molecule has 2 heteroatoms. The van der Waals surface area contributed by atoms with Crippen molar-refractivity contribution in [3.05, 3.63) is 0 Å². The monoisotopic (exact) mass is 166 g/mol.